The van der Waals surface area contributed by atoms with Gasteiger partial charge in [0.1, 0.15) is 0 Å². The summed E-state index contributed by atoms with van der Waals surface area (Å²) in [5, 5.41) is 0. The second-order valence-electron chi connectivity index (χ2n) is 2.50. The second kappa shape index (κ2) is 3.42. The molecule has 92 valence electrons. The van der Waals surface area contributed by atoms with E-state index in [-0.39, 0.29) is 0 Å². The maximum atomic E-state index is 12.3. The van der Waals surface area contributed by atoms with Gasteiger partial charge in [-0.1, -0.05) is 0 Å². The number of ether oxygens (including phenoxy) is 1. The van der Waals surface area contributed by atoms with Crippen LogP contribution in [0.3, 0.4) is 0 Å². The van der Waals surface area contributed by atoms with Crippen LogP contribution >= 0.6 is 0 Å². The van der Waals surface area contributed by atoms with E-state index in [2.05, 4.69) is 4.74 Å². The van der Waals surface area contributed by atoms with Crippen LogP contribution in [0.4, 0.5) is 39.5 Å². The Kier molecular flexibility index (Phi) is 3.27. The SMILES string of the molecule is CC(F)(F)OC(F)(C(F)(F)F)C(F)(F)F. The lowest BCUT2D eigenvalue weighted by Gasteiger charge is -2.31. The van der Waals surface area contributed by atoms with E-state index in [1.165, 1.54) is 0 Å². The molecular weight excluding hydrogens is 247 g/mol. The normalized spacial score (nSPS) is 15.6. The van der Waals surface area contributed by atoms with Gasteiger partial charge in [0.2, 0.25) is 0 Å². The smallest absolute Gasteiger partial charge is 0.268 e. The van der Waals surface area contributed by atoms with Gasteiger partial charge in [0.25, 0.3) is 0 Å². The molecule has 0 spiro atoms. The summed E-state index contributed by atoms with van der Waals surface area (Å²) in [5.41, 5.74) is 0. The van der Waals surface area contributed by atoms with Crippen LogP contribution in [0.1, 0.15) is 6.92 Å². The highest BCUT2D eigenvalue weighted by Crippen LogP contribution is 2.49. The first kappa shape index (κ1) is 14.3. The van der Waals surface area contributed by atoms with Crippen molar-refractivity contribution < 1.29 is 44.3 Å². The predicted molar refractivity (Wildman–Crippen MR) is 27.7 cm³/mol. The van der Waals surface area contributed by atoms with Crippen molar-refractivity contribution in [1.82, 2.24) is 0 Å². The third-order valence-corrected chi connectivity index (χ3v) is 1.05. The van der Waals surface area contributed by atoms with Gasteiger partial charge < -0.3 is 0 Å². The zero-order valence-electron chi connectivity index (χ0n) is 6.81. The van der Waals surface area contributed by atoms with Gasteiger partial charge in [-0.2, -0.15) is 39.5 Å². The molecule has 0 rings (SSSR count). The van der Waals surface area contributed by atoms with Gasteiger partial charge >= 0.3 is 24.3 Å². The van der Waals surface area contributed by atoms with E-state index < -0.39 is 31.2 Å². The largest absolute Gasteiger partial charge is 0.458 e. The molecule has 0 saturated carbocycles. The predicted octanol–water partition coefficient (Wildman–Crippen LogP) is 3.41. The molecule has 0 atom stereocenters. The highest BCUT2D eigenvalue weighted by molar-refractivity contribution is 4.86. The molecule has 1 nitrogen and oxygen atoms in total. The van der Waals surface area contributed by atoms with Crippen molar-refractivity contribution in [3.63, 3.8) is 0 Å². The summed E-state index contributed by atoms with van der Waals surface area (Å²) in [6.45, 7) is -0.446. The van der Waals surface area contributed by atoms with Crippen LogP contribution in [0.2, 0.25) is 0 Å². The van der Waals surface area contributed by atoms with Crippen molar-refractivity contribution >= 4 is 0 Å². The summed E-state index contributed by atoms with van der Waals surface area (Å²) in [6.07, 6.45) is -18.2. The Morgan fingerprint density at radius 1 is 0.667 bits per heavy atom. The highest BCUT2D eigenvalue weighted by atomic mass is 19.4. The molecule has 0 aromatic rings. The number of alkyl halides is 9. The van der Waals surface area contributed by atoms with E-state index in [1.807, 2.05) is 0 Å². The molecule has 0 radical (unpaired) electrons. The molecule has 0 saturated heterocycles. The van der Waals surface area contributed by atoms with E-state index >= 15 is 0 Å². The molecule has 0 heterocycles. The lowest BCUT2D eigenvalue weighted by Crippen LogP contribution is -2.57. The molecule has 0 unspecified atom stereocenters. The van der Waals surface area contributed by atoms with Crippen LogP contribution < -0.4 is 0 Å². The van der Waals surface area contributed by atoms with Gasteiger partial charge in [0, 0.05) is 6.92 Å². The molecule has 0 aliphatic rings. The monoisotopic (exact) mass is 250 g/mol. The molecule has 0 aliphatic heterocycles. The van der Waals surface area contributed by atoms with E-state index in [0.29, 0.717) is 0 Å². The number of rotatable bonds is 2. The lowest BCUT2D eigenvalue weighted by atomic mass is 10.3. The van der Waals surface area contributed by atoms with Crippen molar-refractivity contribution in [2.75, 3.05) is 0 Å². The first-order valence-electron chi connectivity index (χ1n) is 3.11. The maximum Gasteiger partial charge on any atom is 0.458 e. The van der Waals surface area contributed by atoms with Gasteiger partial charge in [-0.05, 0) is 0 Å². The van der Waals surface area contributed by atoms with Gasteiger partial charge in [-0.3, -0.25) is 4.74 Å². The van der Waals surface area contributed by atoms with E-state index in [9.17, 15) is 39.5 Å². The summed E-state index contributed by atoms with van der Waals surface area (Å²) in [4.78, 5) is 0. The zero-order valence-corrected chi connectivity index (χ0v) is 6.81. The standard InChI is InChI=1S/C5H3F9O/c1-2(6,7)15-3(8,4(9,10)11)5(12,13)14/h1H3. The minimum absolute atomic E-state index is 0.446. The van der Waals surface area contributed by atoms with E-state index in [4.69, 9.17) is 0 Å². The Hall–Kier alpha value is -0.670. The Bertz CT molecular complexity index is 206. The Morgan fingerprint density at radius 3 is 1.00 bits per heavy atom. The molecule has 0 aromatic carbocycles. The van der Waals surface area contributed by atoms with Crippen LogP contribution in [0, 0.1) is 0 Å². The average molecular weight is 250 g/mol. The summed E-state index contributed by atoms with van der Waals surface area (Å²) in [6, 6.07) is 0. The Morgan fingerprint density at radius 2 is 0.933 bits per heavy atom. The molecule has 0 amide bonds. The fourth-order valence-corrected chi connectivity index (χ4v) is 0.523. The third-order valence-electron chi connectivity index (χ3n) is 1.05. The number of hydrogen-bond acceptors (Lipinski definition) is 1. The fourth-order valence-electron chi connectivity index (χ4n) is 0.523. The van der Waals surface area contributed by atoms with Crippen LogP contribution in [-0.2, 0) is 4.74 Å². The lowest BCUT2D eigenvalue weighted by molar-refractivity contribution is -0.477. The van der Waals surface area contributed by atoms with Crippen molar-refractivity contribution in [3.8, 4) is 0 Å². The second-order valence-corrected chi connectivity index (χ2v) is 2.50. The first-order chi connectivity index (χ1) is 6.21. The van der Waals surface area contributed by atoms with E-state index in [1.54, 1.807) is 0 Å². The van der Waals surface area contributed by atoms with Crippen LogP contribution in [0.25, 0.3) is 0 Å². The van der Waals surface area contributed by atoms with Crippen molar-refractivity contribution in [2.24, 2.45) is 0 Å². The van der Waals surface area contributed by atoms with Crippen LogP contribution in [-0.4, -0.2) is 24.3 Å². The minimum Gasteiger partial charge on any atom is -0.268 e. The Labute approximate surface area is 76.8 Å². The molecule has 0 fully saturated rings. The molecule has 0 N–H and O–H groups in total. The zero-order chi connectivity index (χ0) is 12.7. The summed E-state index contributed by atoms with van der Waals surface area (Å²) < 4.78 is 108. The van der Waals surface area contributed by atoms with E-state index in [0.717, 1.165) is 0 Å². The highest BCUT2D eigenvalue weighted by Gasteiger charge is 2.76. The quantitative estimate of drug-likeness (QED) is 0.682. The molecule has 0 bridgehead atoms. The summed E-state index contributed by atoms with van der Waals surface area (Å²) in [5.74, 6) is -6.39. The number of halogens is 9. The van der Waals surface area contributed by atoms with Crippen molar-refractivity contribution in [3.05, 3.63) is 0 Å². The third kappa shape index (κ3) is 3.14. The van der Waals surface area contributed by atoms with Crippen LogP contribution in [0.15, 0.2) is 0 Å². The average Bonchev–Trinajstić information content (AvgIpc) is 1.77. The molecular formula is C5H3F9O. The fraction of sp³-hybridized carbons (Fsp3) is 1.00. The van der Waals surface area contributed by atoms with Gasteiger partial charge in [0.05, 0.1) is 0 Å². The summed E-state index contributed by atoms with van der Waals surface area (Å²) in [7, 11) is 0. The number of hydrogen-bond donors (Lipinski definition) is 0. The van der Waals surface area contributed by atoms with Crippen LogP contribution in [0.5, 0.6) is 0 Å². The minimum atomic E-state index is -6.65. The van der Waals surface area contributed by atoms with Crippen molar-refractivity contribution in [1.29, 1.82) is 0 Å². The molecule has 15 heavy (non-hydrogen) atoms. The van der Waals surface area contributed by atoms with Gasteiger partial charge in [-0.15, -0.1) is 0 Å². The maximum absolute atomic E-state index is 12.3. The first-order valence-corrected chi connectivity index (χ1v) is 3.11. The summed E-state index contributed by atoms with van der Waals surface area (Å²) >= 11 is 0. The van der Waals surface area contributed by atoms with Crippen molar-refractivity contribution in [2.45, 2.75) is 31.2 Å². The Balaban J connectivity index is 5.26. The molecule has 10 heteroatoms. The molecule has 0 aliphatic carbocycles. The van der Waals surface area contributed by atoms with Gasteiger partial charge in [-0.25, -0.2) is 0 Å². The van der Waals surface area contributed by atoms with Gasteiger partial charge in [0.15, 0.2) is 0 Å². The topological polar surface area (TPSA) is 9.23 Å². The molecule has 0 aromatic heterocycles.